The number of piperidine rings is 1. The molecular weight excluding hydrogens is 380 g/mol. The first-order chi connectivity index (χ1) is 14.3. The fourth-order valence-electron chi connectivity index (χ4n) is 4.36. The summed E-state index contributed by atoms with van der Waals surface area (Å²) in [7, 11) is 0. The van der Waals surface area contributed by atoms with Gasteiger partial charge in [-0.15, -0.1) is 11.3 Å². The molecule has 1 atom stereocenters. The van der Waals surface area contributed by atoms with Crippen molar-refractivity contribution in [3.8, 4) is 0 Å². The molecule has 0 bridgehead atoms. The maximum Gasteiger partial charge on any atom is 0.286 e. The van der Waals surface area contributed by atoms with Crippen LogP contribution in [-0.4, -0.2) is 30.4 Å². The third-order valence-electron chi connectivity index (χ3n) is 5.78. The first-order valence-corrected chi connectivity index (χ1v) is 11.0. The van der Waals surface area contributed by atoms with Crippen LogP contribution in [0.2, 0.25) is 0 Å². The lowest BCUT2D eigenvalue weighted by molar-refractivity contribution is 0.0903. The number of thiophene rings is 1. The zero-order chi connectivity index (χ0) is 19.6. The topological polar surface area (TPSA) is 45.5 Å². The van der Waals surface area contributed by atoms with Crippen LogP contribution in [0.15, 0.2) is 65.3 Å². The van der Waals surface area contributed by atoms with Crippen LogP contribution in [-0.2, 0) is 6.54 Å². The minimum atomic E-state index is -0.123. The molecule has 1 aliphatic rings. The highest BCUT2D eigenvalue weighted by atomic mass is 32.1. The third kappa shape index (κ3) is 3.80. The van der Waals surface area contributed by atoms with Crippen molar-refractivity contribution in [2.24, 2.45) is 5.92 Å². The van der Waals surface area contributed by atoms with Crippen LogP contribution in [0.4, 0.5) is 0 Å². The molecule has 5 heteroatoms. The van der Waals surface area contributed by atoms with Gasteiger partial charge in [0.05, 0.1) is 6.26 Å². The Labute approximate surface area is 174 Å². The van der Waals surface area contributed by atoms with E-state index in [4.69, 9.17) is 4.42 Å². The van der Waals surface area contributed by atoms with Gasteiger partial charge in [-0.25, -0.2) is 0 Å². The van der Waals surface area contributed by atoms with E-state index < -0.39 is 0 Å². The SMILES string of the molecule is O=C(NC[C@H]1CCCN(Cc2cccc3c2sc2ccccc23)C1)c1ccco1. The van der Waals surface area contributed by atoms with Crippen LogP contribution in [0, 0.1) is 5.92 Å². The molecule has 2 aromatic carbocycles. The van der Waals surface area contributed by atoms with Gasteiger partial charge in [0.1, 0.15) is 0 Å². The molecule has 1 amide bonds. The van der Waals surface area contributed by atoms with Gasteiger partial charge >= 0.3 is 0 Å². The molecule has 0 aliphatic carbocycles. The fraction of sp³-hybridized carbons (Fsp3) is 0.292. The van der Waals surface area contributed by atoms with E-state index >= 15 is 0 Å². The Morgan fingerprint density at radius 1 is 1.10 bits per heavy atom. The maximum absolute atomic E-state index is 12.1. The first-order valence-electron chi connectivity index (χ1n) is 10.2. The number of nitrogens with zero attached hydrogens (tertiary/aromatic N) is 1. The molecule has 1 N–H and O–H groups in total. The minimum absolute atomic E-state index is 0.123. The van der Waals surface area contributed by atoms with E-state index in [-0.39, 0.29) is 5.91 Å². The van der Waals surface area contributed by atoms with E-state index in [0.29, 0.717) is 18.2 Å². The minimum Gasteiger partial charge on any atom is -0.459 e. The fourth-order valence-corrected chi connectivity index (χ4v) is 5.57. The number of nitrogens with one attached hydrogen (secondary N) is 1. The van der Waals surface area contributed by atoms with Crippen molar-refractivity contribution >= 4 is 37.4 Å². The number of amides is 1. The van der Waals surface area contributed by atoms with Crippen molar-refractivity contribution in [2.45, 2.75) is 19.4 Å². The van der Waals surface area contributed by atoms with Gasteiger partial charge in [0.15, 0.2) is 5.76 Å². The van der Waals surface area contributed by atoms with E-state index in [1.165, 1.54) is 38.4 Å². The quantitative estimate of drug-likeness (QED) is 0.492. The van der Waals surface area contributed by atoms with Crippen molar-refractivity contribution in [2.75, 3.05) is 19.6 Å². The molecule has 0 spiro atoms. The monoisotopic (exact) mass is 404 g/mol. The largest absolute Gasteiger partial charge is 0.459 e. The molecule has 4 nitrogen and oxygen atoms in total. The van der Waals surface area contributed by atoms with Crippen molar-refractivity contribution in [3.63, 3.8) is 0 Å². The second-order valence-corrected chi connectivity index (χ2v) is 8.87. The summed E-state index contributed by atoms with van der Waals surface area (Å²) in [5.74, 6) is 0.737. The van der Waals surface area contributed by atoms with Gasteiger partial charge in [0.25, 0.3) is 5.91 Å². The second-order valence-electron chi connectivity index (χ2n) is 7.82. The van der Waals surface area contributed by atoms with Gasteiger partial charge in [0, 0.05) is 39.8 Å². The number of likely N-dealkylation sites (tertiary alicyclic amines) is 1. The molecule has 0 saturated carbocycles. The molecule has 1 saturated heterocycles. The number of carbonyl (C=O) groups is 1. The Hall–Kier alpha value is -2.63. The Balaban J connectivity index is 1.27. The van der Waals surface area contributed by atoms with E-state index in [9.17, 15) is 4.79 Å². The smallest absolute Gasteiger partial charge is 0.286 e. The molecule has 148 valence electrons. The number of hydrogen-bond acceptors (Lipinski definition) is 4. The average Bonchev–Trinajstić information content (AvgIpc) is 3.41. The predicted molar refractivity (Wildman–Crippen MR) is 118 cm³/mol. The zero-order valence-corrected chi connectivity index (χ0v) is 17.1. The highest BCUT2D eigenvalue weighted by molar-refractivity contribution is 7.26. The summed E-state index contributed by atoms with van der Waals surface area (Å²) in [5.41, 5.74) is 1.41. The molecule has 1 fully saturated rings. The number of furan rings is 1. The summed E-state index contributed by atoms with van der Waals surface area (Å²) < 4.78 is 7.94. The first kappa shape index (κ1) is 18.4. The van der Waals surface area contributed by atoms with Crippen LogP contribution >= 0.6 is 11.3 Å². The van der Waals surface area contributed by atoms with Gasteiger partial charge in [-0.1, -0.05) is 36.4 Å². The third-order valence-corrected chi connectivity index (χ3v) is 7.04. The number of fused-ring (bicyclic) bond motifs is 3. The average molecular weight is 405 g/mol. The normalized spacial score (nSPS) is 17.7. The number of carbonyl (C=O) groups excluding carboxylic acids is 1. The van der Waals surface area contributed by atoms with Gasteiger partial charge in [0.2, 0.25) is 0 Å². The molecule has 29 heavy (non-hydrogen) atoms. The summed E-state index contributed by atoms with van der Waals surface area (Å²) in [6.07, 6.45) is 3.86. The van der Waals surface area contributed by atoms with Crippen molar-refractivity contribution in [3.05, 3.63) is 72.2 Å². The second kappa shape index (κ2) is 8.01. The van der Waals surface area contributed by atoms with E-state index in [2.05, 4.69) is 52.7 Å². The summed E-state index contributed by atoms with van der Waals surface area (Å²) in [4.78, 5) is 14.7. The predicted octanol–water partition coefficient (Wildman–Crippen LogP) is 5.29. The van der Waals surface area contributed by atoms with E-state index in [1.54, 1.807) is 12.1 Å². The molecule has 3 heterocycles. The maximum atomic E-state index is 12.1. The highest BCUT2D eigenvalue weighted by Crippen LogP contribution is 2.36. The molecule has 5 rings (SSSR count). The highest BCUT2D eigenvalue weighted by Gasteiger charge is 2.22. The molecule has 1 aliphatic heterocycles. The van der Waals surface area contributed by atoms with E-state index in [1.807, 2.05) is 11.3 Å². The van der Waals surface area contributed by atoms with Crippen LogP contribution in [0.1, 0.15) is 29.0 Å². The Kier molecular flexibility index (Phi) is 5.08. The van der Waals surface area contributed by atoms with E-state index in [0.717, 1.165) is 26.1 Å². The number of rotatable bonds is 5. The Bertz CT molecular complexity index is 1130. The summed E-state index contributed by atoms with van der Waals surface area (Å²) in [5, 5.41) is 5.75. The van der Waals surface area contributed by atoms with Crippen molar-refractivity contribution in [1.29, 1.82) is 0 Å². The lowest BCUT2D eigenvalue weighted by Crippen LogP contribution is -2.40. The molecule has 4 aromatic rings. The zero-order valence-electron chi connectivity index (χ0n) is 16.3. The summed E-state index contributed by atoms with van der Waals surface area (Å²) in [6.45, 7) is 3.79. The van der Waals surface area contributed by atoms with Crippen LogP contribution in [0.5, 0.6) is 0 Å². The Morgan fingerprint density at radius 3 is 2.90 bits per heavy atom. The number of benzene rings is 2. The van der Waals surface area contributed by atoms with Gasteiger partial charge in [-0.05, 0) is 49.1 Å². The van der Waals surface area contributed by atoms with Gasteiger partial charge in [-0.2, -0.15) is 0 Å². The lowest BCUT2D eigenvalue weighted by atomic mass is 9.97. The summed E-state index contributed by atoms with van der Waals surface area (Å²) in [6, 6.07) is 18.8. The van der Waals surface area contributed by atoms with Crippen molar-refractivity contribution < 1.29 is 9.21 Å². The lowest BCUT2D eigenvalue weighted by Gasteiger charge is -2.33. The number of hydrogen-bond donors (Lipinski definition) is 1. The molecule has 0 radical (unpaired) electrons. The van der Waals surface area contributed by atoms with Crippen molar-refractivity contribution in [1.82, 2.24) is 10.2 Å². The molecule has 0 unspecified atom stereocenters. The van der Waals surface area contributed by atoms with Gasteiger partial charge in [-0.3, -0.25) is 9.69 Å². The Morgan fingerprint density at radius 2 is 2.00 bits per heavy atom. The van der Waals surface area contributed by atoms with Gasteiger partial charge < -0.3 is 9.73 Å². The standard InChI is InChI=1S/C24H24N2O2S/c27-24(21-10-5-13-28-21)25-14-17-6-4-12-26(15-17)16-18-7-3-9-20-19-8-1-2-11-22(19)29-23(18)20/h1-3,5,7-11,13,17H,4,6,12,14-16H2,(H,25,27)/t17-/m1/s1. The van der Waals surface area contributed by atoms with Crippen LogP contribution < -0.4 is 5.32 Å². The molecule has 2 aromatic heterocycles. The summed E-state index contributed by atoms with van der Waals surface area (Å²) >= 11 is 1.90. The van der Waals surface area contributed by atoms with Crippen LogP contribution in [0.25, 0.3) is 20.2 Å². The molecular formula is C24H24N2O2S. The van der Waals surface area contributed by atoms with Crippen LogP contribution in [0.3, 0.4) is 0 Å².